The van der Waals surface area contributed by atoms with Crippen molar-refractivity contribution < 1.29 is 4.42 Å². The van der Waals surface area contributed by atoms with E-state index in [1.54, 1.807) is 0 Å². The summed E-state index contributed by atoms with van der Waals surface area (Å²) >= 11 is 0. The fourth-order valence-electron chi connectivity index (χ4n) is 9.78. The smallest absolute Gasteiger partial charge is 0.227 e. The lowest BCUT2D eigenvalue weighted by molar-refractivity contribution is 0.620. The molecule has 2 heteroatoms. The van der Waals surface area contributed by atoms with Gasteiger partial charge in [-0.2, -0.15) is 0 Å². The van der Waals surface area contributed by atoms with Crippen LogP contribution in [0.4, 0.5) is 0 Å². The van der Waals surface area contributed by atoms with Crippen LogP contribution in [-0.2, 0) is 5.41 Å². The molecule has 10 aromatic rings. The molecule has 1 heterocycles. The quantitative estimate of drug-likeness (QED) is 0.173. The highest BCUT2D eigenvalue weighted by Crippen LogP contribution is 2.63. The highest BCUT2D eigenvalue weighted by atomic mass is 16.3. The molecule has 0 N–H and O–H groups in total. The Morgan fingerprint density at radius 2 is 0.778 bits per heavy atom. The first kappa shape index (κ1) is 29.5. The zero-order valence-electron chi connectivity index (χ0n) is 29.3. The summed E-state index contributed by atoms with van der Waals surface area (Å²) in [6, 6.07) is 68.8. The van der Waals surface area contributed by atoms with Gasteiger partial charge in [0.25, 0.3) is 0 Å². The SMILES string of the molecule is c1ccc2c(c1)-c1ccccc1C21c2ccccc2-c2ccc(-c3c4ccccc4c(-c4ccc(-c5nc6ccccc6o5)cc4)c4ccccc34)cc21. The van der Waals surface area contributed by atoms with Gasteiger partial charge in [0.15, 0.2) is 5.58 Å². The summed E-state index contributed by atoms with van der Waals surface area (Å²) < 4.78 is 6.12. The van der Waals surface area contributed by atoms with E-state index in [9.17, 15) is 0 Å². The minimum Gasteiger partial charge on any atom is -0.436 e. The van der Waals surface area contributed by atoms with Crippen LogP contribution in [0.15, 0.2) is 192 Å². The average molecular weight is 686 g/mol. The van der Waals surface area contributed by atoms with Gasteiger partial charge in [-0.15, -0.1) is 0 Å². The van der Waals surface area contributed by atoms with Crippen molar-refractivity contribution in [2.75, 3.05) is 0 Å². The van der Waals surface area contributed by atoms with Crippen molar-refractivity contribution in [3.8, 4) is 56.0 Å². The first-order valence-electron chi connectivity index (χ1n) is 18.6. The van der Waals surface area contributed by atoms with Gasteiger partial charge in [0.1, 0.15) is 5.52 Å². The second kappa shape index (κ2) is 11.0. The Balaban J connectivity index is 1.09. The monoisotopic (exact) mass is 685 g/mol. The van der Waals surface area contributed by atoms with Crippen LogP contribution in [-0.4, -0.2) is 4.98 Å². The molecule has 0 saturated heterocycles. The molecule has 2 aliphatic carbocycles. The summed E-state index contributed by atoms with van der Waals surface area (Å²) in [5, 5.41) is 4.95. The molecule has 9 aromatic carbocycles. The fraction of sp³-hybridized carbons (Fsp3) is 0.0192. The Morgan fingerprint density at radius 1 is 0.352 bits per heavy atom. The maximum absolute atomic E-state index is 6.12. The number of hydrogen-bond donors (Lipinski definition) is 0. The van der Waals surface area contributed by atoms with E-state index in [1.807, 2.05) is 24.3 Å². The molecule has 12 rings (SSSR count). The van der Waals surface area contributed by atoms with Gasteiger partial charge in [0.2, 0.25) is 5.89 Å². The van der Waals surface area contributed by atoms with Gasteiger partial charge in [-0.3, -0.25) is 0 Å². The average Bonchev–Trinajstić information content (AvgIpc) is 3.90. The number of aromatic nitrogens is 1. The third-order valence-corrected chi connectivity index (χ3v) is 11.9. The lowest BCUT2D eigenvalue weighted by Gasteiger charge is -2.30. The molecule has 0 fully saturated rings. The third-order valence-electron chi connectivity index (χ3n) is 11.9. The molecule has 0 radical (unpaired) electrons. The van der Waals surface area contributed by atoms with Crippen LogP contribution in [0, 0.1) is 0 Å². The van der Waals surface area contributed by atoms with E-state index in [0.29, 0.717) is 5.89 Å². The number of fused-ring (bicyclic) bond motifs is 13. The van der Waals surface area contributed by atoms with Gasteiger partial charge in [0, 0.05) is 5.56 Å². The van der Waals surface area contributed by atoms with Crippen molar-refractivity contribution in [1.82, 2.24) is 4.98 Å². The normalized spacial score (nSPS) is 13.3. The largest absolute Gasteiger partial charge is 0.436 e. The highest BCUT2D eigenvalue weighted by Gasteiger charge is 2.51. The molecule has 0 aliphatic heterocycles. The van der Waals surface area contributed by atoms with E-state index in [1.165, 1.54) is 82.7 Å². The second-order valence-electron chi connectivity index (χ2n) is 14.6. The van der Waals surface area contributed by atoms with E-state index in [-0.39, 0.29) is 0 Å². The Hall–Kier alpha value is -7.03. The van der Waals surface area contributed by atoms with Crippen molar-refractivity contribution in [2.45, 2.75) is 5.41 Å². The van der Waals surface area contributed by atoms with Crippen molar-refractivity contribution in [2.24, 2.45) is 0 Å². The summed E-state index contributed by atoms with van der Waals surface area (Å²) in [4.78, 5) is 4.75. The molecule has 1 aromatic heterocycles. The molecule has 0 unspecified atom stereocenters. The summed E-state index contributed by atoms with van der Waals surface area (Å²) in [6.07, 6.45) is 0. The Bertz CT molecular complexity index is 3010. The molecular formula is C52H31NO. The van der Waals surface area contributed by atoms with Crippen LogP contribution in [0.3, 0.4) is 0 Å². The molecule has 1 spiro atoms. The molecule has 0 amide bonds. The van der Waals surface area contributed by atoms with Gasteiger partial charge in [-0.25, -0.2) is 4.98 Å². The van der Waals surface area contributed by atoms with Gasteiger partial charge in [-0.05, 0) is 119 Å². The standard InChI is InChI=1S/C52H31NO/c1-3-18-41-39(16-1)49(32-25-27-33(28-26-32)51-53-47-23-11-12-24-48(47)54-51)40-17-2-4-19-42(40)50(41)34-29-30-38-37-15-7-10-22-45(37)52(46(38)31-34)43-20-8-5-13-35(43)36-14-6-9-21-44(36)52/h1-31H. The maximum Gasteiger partial charge on any atom is 0.227 e. The minimum atomic E-state index is -0.392. The van der Waals surface area contributed by atoms with Crippen molar-refractivity contribution in [3.05, 3.63) is 210 Å². The van der Waals surface area contributed by atoms with Crippen LogP contribution < -0.4 is 0 Å². The maximum atomic E-state index is 6.12. The van der Waals surface area contributed by atoms with Gasteiger partial charge < -0.3 is 4.42 Å². The number of rotatable bonds is 3. The summed E-state index contributed by atoms with van der Waals surface area (Å²) in [5.74, 6) is 0.636. The minimum absolute atomic E-state index is 0.392. The molecular weight excluding hydrogens is 655 g/mol. The summed E-state index contributed by atoms with van der Waals surface area (Å²) in [7, 11) is 0. The second-order valence-corrected chi connectivity index (χ2v) is 14.6. The molecule has 54 heavy (non-hydrogen) atoms. The molecule has 0 saturated carbocycles. The lowest BCUT2D eigenvalue weighted by atomic mass is 9.70. The highest BCUT2D eigenvalue weighted by molar-refractivity contribution is 6.21. The van der Waals surface area contributed by atoms with Crippen molar-refractivity contribution in [1.29, 1.82) is 0 Å². The number of benzene rings is 9. The lowest BCUT2D eigenvalue weighted by Crippen LogP contribution is -2.25. The fourth-order valence-corrected chi connectivity index (χ4v) is 9.78. The van der Waals surface area contributed by atoms with Crippen LogP contribution in [0.5, 0.6) is 0 Å². The van der Waals surface area contributed by atoms with Crippen LogP contribution in [0.1, 0.15) is 22.3 Å². The van der Waals surface area contributed by atoms with E-state index in [2.05, 4.69) is 164 Å². The first-order chi connectivity index (χ1) is 26.8. The number of hydrogen-bond acceptors (Lipinski definition) is 2. The topological polar surface area (TPSA) is 26.0 Å². The summed E-state index contributed by atoms with van der Waals surface area (Å²) in [5.41, 5.74) is 17.8. The Labute approximate surface area is 312 Å². The predicted octanol–water partition coefficient (Wildman–Crippen LogP) is 13.5. The number of nitrogens with zero attached hydrogens (tertiary/aromatic N) is 1. The first-order valence-corrected chi connectivity index (χ1v) is 18.6. The van der Waals surface area contributed by atoms with Gasteiger partial charge >= 0.3 is 0 Å². The van der Waals surface area contributed by atoms with Gasteiger partial charge in [-0.1, -0.05) is 158 Å². The van der Waals surface area contributed by atoms with Crippen LogP contribution in [0.25, 0.3) is 88.6 Å². The Kier molecular flexibility index (Phi) is 6.01. The third kappa shape index (κ3) is 3.87. The zero-order valence-corrected chi connectivity index (χ0v) is 29.3. The molecule has 0 atom stereocenters. The van der Waals surface area contributed by atoms with Crippen molar-refractivity contribution in [3.63, 3.8) is 0 Å². The van der Waals surface area contributed by atoms with E-state index in [4.69, 9.17) is 9.40 Å². The molecule has 2 aliphatic rings. The van der Waals surface area contributed by atoms with Crippen LogP contribution in [0.2, 0.25) is 0 Å². The van der Waals surface area contributed by atoms with Crippen molar-refractivity contribution >= 4 is 32.6 Å². The number of oxazole rings is 1. The van der Waals surface area contributed by atoms with E-state index >= 15 is 0 Å². The zero-order chi connectivity index (χ0) is 35.4. The predicted molar refractivity (Wildman–Crippen MR) is 222 cm³/mol. The molecule has 0 bridgehead atoms. The van der Waals surface area contributed by atoms with E-state index < -0.39 is 5.41 Å². The number of para-hydroxylation sites is 2. The molecule has 2 nitrogen and oxygen atoms in total. The van der Waals surface area contributed by atoms with Gasteiger partial charge in [0.05, 0.1) is 5.41 Å². The summed E-state index contributed by atoms with van der Waals surface area (Å²) in [6.45, 7) is 0. The van der Waals surface area contributed by atoms with E-state index in [0.717, 1.165) is 22.2 Å². The molecule has 250 valence electrons. The Morgan fingerprint density at radius 3 is 1.33 bits per heavy atom. The van der Waals surface area contributed by atoms with Crippen LogP contribution >= 0.6 is 0 Å².